The van der Waals surface area contributed by atoms with Crippen molar-refractivity contribution < 1.29 is 13.9 Å². The molecule has 6 nitrogen and oxygen atoms in total. The van der Waals surface area contributed by atoms with Crippen LogP contribution in [-0.4, -0.2) is 32.2 Å². The van der Waals surface area contributed by atoms with Gasteiger partial charge < -0.3 is 13.9 Å². The molecule has 0 spiro atoms. The van der Waals surface area contributed by atoms with Gasteiger partial charge in [-0.2, -0.15) is 0 Å². The van der Waals surface area contributed by atoms with Crippen LogP contribution in [-0.2, 0) is 17.7 Å². The molecule has 0 aliphatic heterocycles. The number of nitrogens with zero attached hydrogens (tertiary/aromatic N) is 4. The number of esters is 1. The van der Waals surface area contributed by atoms with Crippen LogP contribution in [0.2, 0.25) is 0 Å². The van der Waals surface area contributed by atoms with E-state index in [1.165, 1.54) is 26.0 Å². The molecule has 2 aliphatic carbocycles. The second kappa shape index (κ2) is 7.15. The predicted molar refractivity (Wildman–Crippen MR) is 120 cm³/mol. The first-order valence-electron chi connectivity index (χ1n) is 11.4. The molecule has 3 aromatic heterocycles. The highest BCUT2D eigenvalue weighted by atomic mass is 19.1. The molecule has 4 aromatic rings. The lowest BCUT2D eigenvalue weighted by atomic mass is 10.2. The minimum absolute atomic E-state index is 0.178. The lowest BCUT2D eigenvalue weighted by Crippen LogP contribution is -2.07. The van der Waals surface area contributed by atoms with Crippen molar-refractivity contribution in [3.8, 4) is 11.5 Å². The topological polar surface area (TPSA) is 61.9 Å². The van der Waals surface area contributed by atoms with Crippen LogP contribution in [0.5, 0.6) is 0 Å². The van der Waals surface area contributed by atoms with Gasteiger partial charge in [-0.3, -0.25) is 0 Å². The quantitative estimate of drug-likeness (QED) is 0.389. The molecule has 0 bridgehead atoms. The lowest BCUT2D eigenvalue weighted by molar-refractivity contribution is 0.0600. The summed E-state index contributed by atoms with van der Waals surface area (Å²) in [6.45, 7) is 3.00. The molecule has 0 N–H and O–H groups in total. The van der Waals surface area contributed by atoms with Gasteiger partial charge >= 0.3 is 5.97 Å². The maximum atomic E-state index is 15.3. The van der Waals surface area contributed by atoms with Crippen LogP contribution in [0.3, 0.4) is 0 Å². The van der Waals surface area contributed by atoms with E-state index in [0.717, 1.165) is 54.1 Å². The van der Waals surface area contributed by atoms with Crippen molar-refractivity contribution in [2.24, 2.45) is 5.92 Å². The van der Waals surface area contributed by atoms with E-state index in [2.05, 4.69) is 29.7 Å². The van der Waals surface area contributed by atoms with Crippen molar-refractivity contribution in [2.75, 3.05) is 7.11 Å². The Morgan fingerprint density at radius 1 is 1.16 bits per heavy atom. The van der Waals surface area contributed by atoms with Gasteiger partial charge in [0.15, 0.2) is 5.82 Å². The van der Waals surface area contributed by atoms with Gasteiger partial charge in [0.1, 0.15) is 17.0 Å². The van der Waals surface area contributed by atoms with E-state index in [0.29, 0.717) is 17.0 Å². The smallest absolute Gasteiger partial charge is 0.338 e. The van der Waals surface area contributed by atoms with E-state index < -0.39 is 11.8 Å². The molecule has 1 aromatic carbocycles. The van der Waals surface area contributed by atoms with Crippen molar-refractivity contribution in [1.82, 2.24) is 19.1 Å². The summed E-state index contributed by atoms with van der Waals surface area (Å²) in [6, 6.07) is 9.43. The number of aryl methyl sites for hydroxylation is 1. The average Bonchev–Trinajstić information content (AvgIpc) is 3.73. The average molecular weight is 432 g/mol. The van der Waals surface area contributed by atoms with Crippen molar-refractivity contribution in [3.05, 3.63) is 47.4 Å². The Morgan fingerprint density at radius 3 is 2.66 bits per heavy atom. The van der Waals surface area contributed by atoms with E-state index in [9.17, 15) is 4.79 Å². The number of carbonyl (C=O) groups excluding carboxylic acids is 1. The van der Waals surface area contributed by atoms with Gasteiger partial charge in [-0.05, 0) is 68.4 Å². The highest BCUT2D eigenvalue weighted by Crippen LogP contribution is 2.43. The third-order valence-corrected chi connectivity index (χ3v) is 6.60. The molecule has 3 heterocycles. The molecule has 0 saturated heterocycles. The summed E-state index contributed by atoms with van der Waals surface area (Å²) in [5.74, 6) is 0.398. The molecule has 2 saturated carbocycles. The van der Waals surface area contributed by atoms with Crippen LogP contribution in [0.25, 0.3) is 33.6 Å². The molecule has 2 fully saturated rings. The number of pyridine rings is 1. The Bertz CT molecular complexity index is 1380. The summed E-state index contributed by atoms with van der Waals surface area (Å²) in [5.41, 5.74) is 4.12. The summed E-state index contributed by atoms with van der Waals surface area (Å²) in [4.78, 5) is 21.8. The van der Waals surface area contributed by atoms with Crippen LogP contribution in [0.4, 0.5) is 4.39 Å². The minimum atomic E-state index is -0.563. The summed E-state index contributed by atoms with van der Waals surface area (Å²) in [7, 11) is 1.30. The predicted octanol–water partition coefficient (Wildman–Crippen LogP) is 5.29. The van der Waals surface area contributed by atoms with Gasteiger partial charge in [0.05, 0.1) is 23.9 Å². The minimum Gasteiger partial charge on any atom is -0.465 e. The van der Waals surface area contributed by atoms with Gasteiger partial charge in [0.25, 0.3) is 0 Å². The maximum absolute atomic E-state index is 15.3. The monoisotopic (exact) mass is 432 g/mol. The zero-order chi connectivity index (χ0) is 22.0. The first kappa shape index (κ1) is 19.5. The Hall–Kier alpha value is -3.22. The summed E-state index contributed by atoms with van der Waals surface area (Å²) in [5, 5.41) is 1.07. The summed E-state index contributed by atoms with van der Waals surface area (Å²) >= 11 is 0. The largest absolute Gasteiger partial charge is 0.465 e. The first-order chi connectivity index (χ1) is 15.6. The molecule has 0 radical (unpaired) electrons. The Labute approximate surface area is 185 Å². The SMILES string of the molecule is CCc1ccc2cc(-c3nc4cc(C(=O)OC)cc(F)c4n3C3CC3)n(CC3CC3)c2n1. The number of halogens is 1. The molecular weight excluding hydrogens is 407 g/mol. The summed E-state index contributed by atoms with van der Waals surface area (Å²) < 4.78 is 24.4. The van der Waals surface area contributed by atoms with Gasteiger partial charge in [-0.1, -0.05) is 6.92 Å². The molecule has 6 rings (SSSR count). The van der Waals surface area contributed by atoms with Crippen LogP contribution in [0, 0.1) is 11.7 Å². The Morgan fingerprint density at radius 2 is 1.97 bits per heavy atom. The lowest BCUT2D eigenvalue weighted by Gasteiger charge is -2.12. The second-order valence-electron chi connectivity index (χ2n) is 9.01. The van der Waals surface area contributed by atoms with E-state index in [1.807, 2.05) is 4.57 Å². The zero-order valence-electron chi connectivity index (χ0n) is 18.3. The molecule has 0 amide bonds. The van der Waals surface area contributed by atoms with Crippen molar-refractivity contribution in [3.63, 3.8) is 0 Å². The fourth-order valence-corrected chi connectivity index (χ4v) is 4.58. The molecule has 0 unspecified atom stereocenters. The van der Waals surface area contributed by atoms with Crippen LogP contribution in [0.1, 0.15) is 54.7 Å². The Kier molecular flexibility index (Phi) is 4.35. The molecule has 164 valence electrons. The van der Waals surface area contributed by atoms with Crippen molar-refractivity contribution in [2.45, 2.75) is 51.6 Å². The van der Waals surface area contributed by atoms with Gasteiger partial charge in [0.2, 0.25) is 0 Å². The van der Waals surface area contributed by atoms with Crippen molar-refractivity contribution >= 4 is 28.0 Å². The fourth-order valence-electron chi connectivity index (χ4n) is 4.58. The van der Waals surface area contributed by atoms with E-state index >= 15 is 4.39 Å². The second-order valence-corrected chi connectivity index (χ2v) is 9.01. The van der Waals surface area contributed by atoms with Crippen LogP contribution < -0.4 is 0 Å². The highest BCUT2D eigenvalue weighted by molar-refractivity contribution is 5.95. The fraction of sp³-hybridized carbons (Fsp3) is 0.400. The molecule has 0 atom stereocenters. The zero-order valence-corrected chi connectivity index (χ0v) is 18.3. The third-order valence-electron chi connectivity index (χ3n) is 6.60. The number of ether oxygens (including phenoxy) is 1. The van der Waals surface area contributed by atoms with Gasteiger partial charge in [0, 0.05) is 23.7 Å². The van der Waals surface area contributed by atoms with Crippen LogP contribution >= 0.6 is 0 Å². The number of carbonyl (C=O) groups is 1. The van der Waals surface area contributed by atoms with Crippen molar-refractivity contribution in [1.29, 1.82) is 0 Å². The summed E-state index contributed by atoms with van der Waals surface area (Å²) in [6.07, 6.45) is 5.32. The van der Waals surface area contributed by atoms with Gasteiger partial charge in [-0.25, -0.2) is 19.2 Å². The molecular formula is C25H25FN4O2. The van der Waals surface area contributed by atoms with Crippen LogP contribution in [0.15, 0.2) is 30.3 Å². The Balaban J connectivity index is 1.61. The maximum Gasteiger partial charge on any atom is 0.338 e. The first-order valence-corrected chi connectivity index (χ1v) is 11.4. The van der Waals surface area contributed by atoms with E-state index in [1.54, 1.807) is 6.07 Å². The number of methoxy groups -OCH3 is 1. The number of benzene rings is 1. The van der Waals surface area contributed by atoms with E-state index in [4.69, 9.17) is 14.7 Å². The number of hydrogen-bond donors (Lipinski definition) is 0. The molecule has 7 heteroatoms. The number of hydrogen-bond acceptors (Lipinski definition) is 4. The third kappa shape index (κ3) is 3.10. The van der Waals surface area contributed by atoms with Gasteiger partial charge in [-0.15, -0.1) is 0 Å². The highest BCUT2D eigenvalue weighted by Gasteiger charge is 2.33. The number of aromatic nitrogens is 4. The normalized spacial score (nSPS) is 16.2. The molecule has 32 heavy (non-hydrogen) atoms. The number of imidazole rings is 1. The van der Waals surface area contributed by atoms with E-state index in [-0.39, 0.29) is 11.6 Å². The standard InChI is InChI=1S/C25H25FN4O2/c1-3-17-7-6-15-12-21(29(23(15)27-17)13-14-4-5-14)24-28-20-11-16(25(31)32-2)10-19(26)22(20)30(24)18-8-9-18/h6-7,10-12,14,18H,3-5,8-9,13H2,1-2H3. The number of rotatable bonds is 6. The number of fused-ring (bicyclic) bond motifs is 2. The molecule has 2 aliphatic rings.